The number of nitrogens with one attached hydrogen (secondary N) is 1. The Morgan fingerprint density at radius 3 is 2.75 bits per heavy atom. The topological polar surface area (TPSA) is 66.5 Å². The molecule has 1 heterocycles. The van der Waals surface area contributed by atoms with Crippen molar-refractivity contribution in [3.8, 4) is 0 Å². The molecule has 0 radical (unpaired) electrons. The Bertz CT molecular complexity index is 636. The van der Waals surface area contributed by atoms with Crippen molar-refractivity contribution in [1.82, 2.24) is 9.62 Å². The molecule has 1 aromatic rings. The molecule has 1 saturated heterocycles. The van der Waals surface area contributed by atoms with Gasteiger partial charge >= 0.3 is 0 Å². The van der Waals surface area contributed by atoms with Crippen LogP contribution in [0.25, 0.3) is 0 Å². The van der Waals surface area contributed by atoms with Gasteiger partial charge in [0.15, 0.2) is 0 Å². The number of hydrogen-bond donors (Lipinski definition) is 1. The van der Waals surface area contributed by atoms with E-state index in [-0.39, 0.29) is 21.9 Å². The summed E-state index contributed by atoms with van der Waals surface area (Å²) >= 11 is 9.20. The molecule has 20 heavy (non-hydrogen) atoms. The first-order valence-electron chi connectivity index (χ1n) is 6.01. The molecule has 0 aliphatic carbocycles. The molecule has 1 unspecified atom stereocenters. The number of sulfonamides is 1. The quantitative estimate of drug-likeness (QED) is 0.871. The lowest BCUT2D eigenvalue weighted by molar-refractivity contribution is -0.132. The molecule has 2 rings (SSSR count). The highest BCUT2D eigenvalue weighted by molar-refractivity contribution is 9.10. The normalized spacial score (nSPS) is 20.2. The largest absolute Gasteiger partial charge is 0.344 e. The molecule has 5 nitrogen and oxygen atoms in total. The number of hydrogen-bond acceptors (Lipinski definition) is 3. The van der Waals surface area contributed by atoms with E-state index in [1.165, 1.54) is 17.0 Å². The fourth-order valence-corrected chi connectivity index (χ4v) is 4.38. The number of amides is 1. The van der Waals surface area contributed by atoms with Crippen LogP contribution in [-0.4, -0.2) is 38.9 Å². The van der Waals surface area contributed by atoms with Gasteiger partial charge in [0.25, 0.3) is 0 Å². The van der Waals surface area contributed by atoms with Gasteiger partial charge in [0.2, 0.25) is 15.9 Å². The average molecular weight is 382 g/mol. The monoisotopic (exact) mass is 380 g/mol. The summed E-state index contributed by atoms with van der Waals surface area (Å²) in [6.07, 6.45) is 0.842. The Hall–Kier alpha value is -0.630. The van der Waals surface area contributed by atoms with Crippen molar-refractivity contribution >= 4 is 43.5 Å². The summed E-state index contributed by atoms with van der Waals surface area (Å²) < 4.78 is 27.9. The van der Waals surface area contributed by atoms with Gasteiger partial charge in [0.05, 0.1) is 5.02 Å². The Morgan fingerprint density at radius 1 is 1.45 bits per heavy atom. The number of likely N-dealkylation sites (N-methyl/N-ethyl adjacent to an activating group) is 1. The van der Waals surface area contributed by atoms with Crippen LogP contribution in [0.1, 0.15) is 12.8 Å². The Labute approximate surface area is 131 Å². The van der Waals surface area contributed by atoms with E-state index in [0.717, 1.165) is 0 Å². The van der Waals surface area contributed by atoms with E-state index >= 15 is 0 Å². The van der Waals surface area contributed by atoms with Gasteiger partial charge in [0, 0.05) is 30.5 Å². The van der Waals surface area contributed by atoms with Gasteiger partial charge in [-0.2, -0.15) is 0 Å². The molecule has 0 spiro atoms. The SMILES string of the molecule is CN1CC(NS(=O)(=O)c2ccc(Br)cc2Cl)CCC1=O. The molecule has 1 aliphatic heterocycles. The first kappa shape index (κ1) is 15.8. The van der Waals surface area contributed by atoms with Crippen LogP contribution in [0, 0.1) is 0 Å². The molecule has 1 N–H and O–H groups in total. The molecule has 1 fully saturated rings. The molecule has 0 bridgehead atoms. The van der Waals surface area contributed by atoms with Crippen LogP contribution in [0.5, 0.6) is 0 Å². The number of benzene rings is 1. The zero-order chi connectivity index (χ0) is 14.9. The minimum Gasteiger partial charge on any atom is -0.344 e. The maximum Gasteiger partial charge on any atom is 0.242 e. The molecule has 1 atom stereocenters. The molecule has 8 heteroatoms. The van der Waals surface area contributed by atoms with Crippen LogP contribution >= 0.6 is 27.5 Å². The van der Waals surface area contributed by atoms with Crippen molar-refractivity contribution in [2.75, 3.05) is 13.6 Å². The van der Waals surface area contributed by atoms with E-state index in [4.69, 9.17) is 11.6 Å². The summed E-state index contributed by atoms with van der Waals surface area (Å²) in [6.45, 7) is 0.367. The molecule has 0 aromatic heterocycles. The van der Waals surface area contributed by atoms with Gasteiger partial charge in [-0.25, -0.2) is 13.1 Å². The van der Waals surface area contributed by atoms with E-state index in [0.29, 0.717) is 23.9 Å². The van der Waals surface area contributed by atoms with Gasteiger partial charge in [-0.05, 0) is 24.6 Å². The fourth-order valence-electron chi connectivity index (χ4n) is 2.08. The Balaban J connectivity index is 2.17. The van der Waals surface area contributed by atoms with Gasteiger partial charge in [-0.15, -0.1) is 0 Å². The van der Waals surface area contributed by atoms with Crippen molar-refractivity contribution in [2.45, 2.75) is 23.8 Å². The highest BCUT2D eigenvalue weighted by Gasteiger charge is 2.28. The molecule has 1 aromatic carbocycles. The number of nitrogens with zero attached hydrogens (tertiary/aromatic N) is 1. The fraction of sp³-hybridized carbons (Fsp3) is 0.417. The summed E-state index contributed by atoms with van der Waals surface area (Å²) in [7, 11) is -2.03. The Kier molecular flexibility index (Phi) is 4.73. The van der Waals surface area contributed by atoms with E-state index in [9.17, 15) is 13.2 Å². The third-order valence-corrected chi connectivity index (χ3v) is 5.63. The van der Waals surface area contributed by atoms with Crippen molar-refractivity contribution in [3.05, 3.63) is 27.7 Å². The minimum absolute atomic E-state index is 0.0297. The van der Waals surface area contributed by atoms with Gasteiger partial charge < -0.3 is 4.90 Å². The number of halogens is 2. The van der Waals surface area contributed by atoms with Gasteiger partial charge in [-0.1, -0.05) is 27.5 Å². The van der Waals surface area contributed by atoms with Crippen LogP contribution in [-0.2, 0) is 14.8 Å². The number of rotatable bonds is 3. The summed E-state index contributed by atoms with van der Waals surface area (Å²) in [5.74, 6) is 0.0297. The zero-order valence-corrected chi connectivity index (χ0v) is 13.9. The van der Waals surface area contributed by atoms with E-state index in [1.54, 1.807) is 13.1 Å². The predicted molar refractivity (Wildman–Crippen MR) is 80.1 cm³/mol. The average Bonchev–Trinajstić information content (AvgIpc) is 2.33. The van der Waals surface area contributed by atoms with Gasteiger partial charge in [0.1, 0.15) is 4.90 Å². The highest BCUT2D eigenvalue weighted by Crippen LogP contribution is 2.25. The maximum absolute atomic E-state index is 12.3. The third kappa shape index (κ3) is 3.52. The van der Waals surface area contributed by atoms with Crippen LogP contribution in [0.15, 0.2) is 27.6 Å². The maximum atomic E-state index is 12.3. The molecule has 0 saturated carbocycles. The lowest BCUT2D eigenvalue weighted by Crippen LogP contribution is -2.48. The minimum atomic E-state index is -3.69. The first-order valence-corrected chi connectivity index (χ1v) is 8.66. The van der Waals surface area contributed by atoms with Crippen molar-refractivity contribution in [2.24, 2.45) is 0 Å². The summed E-state index contributed by atoms with van der Waals surface area (Å²) in [5.41, 5.74) is 0. The molecule has 110 valence electrons. The Morgan fingerprint density at radius 2 is 2.15 bits per heavy atom. The number of likely N-dealkylation sites (tertiary alicyclic amines) is 1. The number of carbonyl (C=O) groups excluding carboxylic acids is 1. The second-order valence-corrected chi connectivity index (χ2v) is 7.71. The van der Waals surface area contributed by atoms with E-state index in [1.807, 2.05) is 0 Å². The van der Waals surface area contributed by atoms with Gasteiger partial charge in [-0.3, -0.25) is 4.79 Å². The summed E-state index contributed by atoms with van der Waals surface area (Å²) in [6, 6.07) is 4.32. The number of piperidine rings is 1. The van der Waals surface area contributed by atoms with E-state index in [2.05, 4.69) is 20.7 Å². The summed E-state index contributed by atoms with van der Waals surface area (Å²) in [5, 5.41) is 0.159. The van der Waals surface area contributed by atoms with Crippen LogP contribution in [0.3, 0.4) is 0 Å². The number of carbonyl (C=O) groups is 1. The van der Waals surface area contributed by atoms with Crippen LogP contribution < -0.4 is 4.72 Å². The zero-order valence-electron chi connectivity index (χ0n) is 10.8. The predicted octanol–water partition coefficient (Wildman–Crippen LogP) is 2.00. The molecular weight excluding hydrogens is 368 g/mol. The van der Waals surface area contributed by atoms with Crippen LogP contribution in [0.4, 0.5) is 0 Å². The van der Waals surface area contributed by atoms with Crippen molar-refractivity contribution < 1.29 is 13.2 Å². The molecule has 1 aliphatic rings. The van der Waals surface area contributed by atoms with E-state index < -0.39 is 10.0 Å². The molecular formula is C12H14BrClN2O3S. The smallest absolute Gasteiger partial charge is 0.242 e. The third-order valence-electron chi connectivity index (χ3n) is 3.13. The second-order valence-electron chi connectivity index (χ2n) is 4.71. The summed E-state index contributed by atoms with van der Waals surface area (Å²) in [4.78, 5) is 13.0. The van der Waals surface area contributed by atoms with Crippen molar-refractivity contribution in [3.63, 3.8) is 0 Å². The van der Waals surface area contributed by atoms with Crippen LogP contribution in [0.2, 0.25) is 5.02 Å². The lowest BCUT2D eigenvalue weighted by Gasteiger charge is -2.30. The standard InChI is InChI=1S/C12H14BrClN2O3S/c1-16-7-9(3-5-12(16)17)15-20(18,19)11-4-2-8(13)6-10(11)14/h2,4,6,9,15H,3,5,7H2,1H3. The second kappa shape index (κ2) is 6.01. The van der Waals surface area contributed by atoms with Crippen molar-refractivity contribution in [1.29, 1.82) is 0 Å². The molecule has 1 amide bonds. The lowest BCUT2D eigenvalue weighted by atomic mass is 10.1. The first-order chi connectivity index (χ1) is 9.29. The highest BCUT2D eigenvalue weighted by atomic mass is 79.9.